The normalized spacial score (nSPS) is 14.5. The van der Waals surface area contributed by atoms with Crippen LogP contribution < -0.4 is 0 Å². The first-order valence-corrected chi connectivity index (χ1v) is 5.54. The van der Waals surface area contributed by atoms with Crippen molar-refractivity contribution in [2.45, 2.75) is 31.9 Å². The number of rotatable bonds is 4. The van der Waals surface area contributed by atoms with Crippen LogP contribution in [-0.4, -0.2) is 25.7 Å². The highest BCUT2D eigenvalue weighted by atomic mass is 32.2. The second-order valence-corrected chi connectivity index (χ2v) is 4.95. The highest BCUT2D eigenvalue weighted by molar-refractivity contribution is 7.92. The van der Waals surface area contributed by atoms with E-state index in [-0.39, 0.29) is 5.78 Å². The molecule has 3 nitrogen and oxygen atoms in total. The van der Waals surface area contributed by atoms with E-state index in [0.29, 0.717) is 6.42 Å². The van der Waals surface area contributed by atoms with Gasteiger partial charge in [0.15, 0.2) is 9.84 Å². The number of sulfone groups is 1. The van der Waals surface area contributed by atoms with Gasteiger partial charge in [0.2, 0.25) is 0 Å². The minimum absolute atomic E-state index is 0.255. The maximum Gasteiger partial charge on any atom is 0.157 e. The molecule has 11 heavy (non-hydrogen) atoms. The average molecular weight is 178 g/mol. The summed E-state index contributed by atoms with van der Waals surface area (Å²) in [5.41, 5.74) is 0. The van der Waals surface area contributed by atoms with Crippen LogP contribution in [0.15, 0.2) is 0 Å². The minimum Gasteiger partial charge on any atom is -0.299 e. The molecule has 0 N–H and O–H groups in total. The molecule has 0 heterocycles. The molecular formula is C7H14O3S. The fourth-order valence-electron chi connectivity index (χ4n) is 0.981. The van der Waals surface area contributed by atoms with Gasteiger partial charge in [-0.3, -0.25) is 4.79 Å². The molecule has 1 atom stereocenters. The van der Waals surface area contributed by atoms with Crippen LogP contribution >= 0.6 is 0 Å². The summed E-state index contributed by atoms with van der Waals surface area (Å²) >= 11 is 0. The van der Waals surface area contributed by atoms with Crippen molar-refractivity contribution in [2.24, 2.45) is 0 Å². The molecule has 0 bridgehead atoms. The molecule has 0 aliphatic rings. The fourth-order valence-corrected chi connectivity index (χ4v) is 2.25. The second kappa shape index (κ2) is 3.85. The predicted molar refractivity (Wildman–Crippen MR) is 44.2 cm³/mol. The van der Waals surface area contributed by atoms with E-state index in [0.717, 1.165) is 12.7 Å². The van der Waals surface area contributed by atoms with Crippen LogP contribution in [-0.2, 0) is 14.6 Å². The van der Waals surface area contributed by atoms with E-state index in [2.05, 4.69) is 0 Å². The third-order valence-corrected chi connectivity index (χ3v) is 3.12. The van der Waals surface area contributed by atoms with Crippen LogP contribution in [0.4, 0.5) is 0 Å². The van der Waals surface area contributed by atoms with Gasteiger partial charge < -0.3 is 0 Å². The summed E-state index contributed by atoms with van der Waals surface area (Å²) in [7, 11) is -3.18. The van der Waals surface area contributed by atoms with Crippen LogP contribution in [0.25, 0.3) is 0 Å². The summed E-state index contributed by atoms with van der Waals surface area (Å²) in [5, 5.41) is -0.785. The van der Waals surface area contributed by atoms with E-state index >= 15 is 0 Å². The van der Waals surface area contributed by atoms with Gasteiger partial charge in [0, 0.05) is 6.26 Å². The van der Waals surface area contributed by atoms with Gasteiger partial charge in [-0.05, 0) is 13.3 Å². The summed E-state index contributed by atoms with van der Waals surface area (Å²) < 4.78 is 21.9. The van der Waals surface area contributed by atoms with Crippen molar-refractivity contribution in [3.05, 3.63) is 0 Å². The standard InChI is InChI=1S/C7H14O3S/c1-4-5-7(6(2)8)11(3,9)10/h7H,4-5H2,1-3H3. The van der Waals surface area contributed by atoms with Crippen LogP contribution in [0.2, 0.25) is 0 Å². The third kappa shape index (κ3) is 3.51. The molecule has 0 rings (SSSR count). The first-order chi connectivity index (χ1) is 4.89. The van der Waals surface area contributed by atoms with Crippen molar-refractivity contribution >= 4 is 15.6 Å². The van der Waals surface area contributed by atoms with Gasteiger partial charge in [0.1, 0.15) is 11.0 Å². The van der Waals surface area contributed by atoms with Crippen molar-refractivity contribution in [1.29, 1.82) is 0 Å². The van der Waals surface area contributed by atoms with Crippen molar-refractivity contribution in [3.63, 3.8) is 0 Å². The summed E-state index contributed by atoms with van der Waals surface area (Å²) in [6.45, 7) is 3.18. The zero-order valence-electron chi connectivity index (χ0n) is 7.12. The van der Waals surface area contributed by atoms with E-state index in [4.69, 9.17) is 0 Å². The van der Waals surface area contributed by atoms with Gasteiger partial charge in [-0.1, -0.05) is 13.3 Å². The van der Waals surface area contributed by atoms with Gasteiger partial charge in [0.25, 0.3) is 0 Å². The molecule has 0 radical (unpaired) electrons. The predicted octanol–water partition coefficient (Wildman–Crippen LogP) is 0.789. The molecular weight excluding hydrogens is 164 g/mol. The first kappa shape index (κ1) is 10.6. The highest BCUT2D eigenvalue weighted by Crippen LogP contribution is 2.07. The Kier molecular flexibility index (Phi) is 3.72. The molecule has 0 aliphatic heterocycles. The molecule has 0 spiro atoms. The highest BCUT2D eigenvalue weighted by Gasteiger charge is 2.23. The van der Waals surface area contributed by atoms with Gasteiger partial charge in [-0.2, -0.15) is 0 Å². The molecule has 0 saturated carbocycles. The van der Waals surface area contributed by atoms with Crippen LogP contribution in [0.1, 0.15) is 26.7 Å². The lowest BCUT2D eigenvalue weighted by Crippen LogP contribution is -2.27. The quantitative estimate of drug-likeness (QED) is 0.639. The molecule has 0 fully saturated rings. The zero-order chi connectivity index (χ0) is 9.07. The largest absolute Gasteiger partial charge is 0.299 e. The van der Waals surface area contributed by atoms with Crippen LogP contribution in [0.5, 0.6) is 0 Å². The molecule has 0 aromatic rings. The van der Waals surface area contributed by atoms with E-state index in [1.807, 2.05) is 6.92 Å². The fraction of sp³-hybridized carbons (Fsp3) is 0.857. The molecule has 0 aliphatic carbocycles. The third-order valence-electron chi connectivity index (χ3n) is 1.52. The zero-order valence-corrected chi connectivity index (χ0v) is 7.94. The number of carbonyl (C=O) groups is 1. The lowest BCUT2D eigenvalue weighted by Gasteiger charge is -2.08. The molecule has 0 aromatic heterocycles. The SMILES string of the molecule is CCCC(C(C)=O)S(C)(=O)=O. The molecule has 0 amide bonds. The lowest BCUT2D eigenvalue weighted by molar-refractivity contribution is -0.116. The van der Waals surface area contributed by atoms with Gasteiger partial charge in [-0.15, -0.1) is 0 Å². The van der Waals surface area contributed by atoms with E-state index < -0.39 is 15.1 Å². The number of hydrogen-bond acceptors (Lipinski definition) is 3. The Hall–Kier alpha value is -0.380. The maximum absolute atomic E-state index is 10.9. The van der Waals surface area contributed by atoms with Gasteiger partial charge in [-0.25, -0.2) is 8.42 Å². The molecule has 1 unspecified atom stereocenters. The number of carbonyl (C=O) groups excluding carboxylic acids is 1. The average Bonchev–Trinajstić information content (AvgIpc) is 1.79. The van der Waals surface area contributed by atoms with Gasteiger partial charge >= 0.3 is 0 Å². The van der Waals surface area contributed by atoms with E-state index in [1.165, 1.54) is 6.92 Å². The Bertz CT molecular complexity index is 228. The Morgan fingerprint density at radius 1 is 1.45 bits per heavy atom. The van der Waals surface area contributed by atoms with Crippen LogP contribution in [0, 0.1) is 0 Å². The number of ketones is 1. The Morgan fingerprint density at radius 3 is 2.00 bits per heavy atom. The Morgan fingerprint density at radius 2 is 1.91 bits per heavy atom. The smallest absolute Gasteiger partial charge is 0.157 e. The Balaban J connectivity index is 4.49. The first-order valence-electron chi connectivity index (χ1n) is 3.59. The summed E-state index contributed by atoms with van der Waals surface area (Å²) in [6.07, 6.45) is 2.26. The second-order valence-electron chi connectivity index (χ2n) is 2.72. The van der Waals surface area contributed by atoms with Crippen molar-refractivity contribution in [3.8, 4) is 0 Å². The summed E-state index contributed by atoms with van der Waals surface area (Å²) in [5.74, 6) is -0.255. The topological polar surface area (TPSA) is 51.2 Å². The summed E-state index contributed by atoms with van der Waals surface area (Å²) in [4.78, 5) is 10.8. The van der Waals surface area contributed by atoms with Gasteiger partial charge in [0.05, 0.1) is 0 Å². The maximum atomic E-state index is 10.9. The number of Topliss-reactive ketones (excluding diaryl/α,β-unsaturated/α-hetero) is 1. The lowest BCUT2D eigenvalue weighted by atomic mass is 10.2. The van der Waals surface area contributed by atoms with Crippen LogP contribution in [0.3, 0.4) is 0 Å². The van der Waals surface area contributed by atoms with Crippen molar-refractivity contribution in [2.75, 3.05) is 6.26 Å². The minimum atomic E-state index is -3.18. The van der Waals surface area contributed by atoms with E-state index in [9.17, 15) is 13.2 Å². The summed E-state index contributed by atoms with van der Waals surface area (Å²) in [6, 6.07) is 0. The van der Waals surface area contributed by atoms with E-state index in [1.54, 1.807) is 0 Å². The molecule has 0 aromatic carbocycles. The molecule has 66 valence electrons. The number of hydrogen-bond donors (Lipinski definition) is 0. The van der Waals surface area contributed by atoms with Crippen molar-refractivity contribution < 1.29 is 13.2 Å². The monoisotopic (exact) mass is 178 g/mol. The molecule has 0 saturated heterocycles. The Labute approximate surface area is 67.7 Å². The van der Waals surface area contributed by atoms with Crippen molar-refractivity contribution in [1.82, 2.24) is 0 Å². The molecule has 4 heteroatoms.